The molecule has 2 fully saturated rings. The highest BCUT2D eigenvalue weighted by molar-refractivity contribution is 5.76. The van der Waals surface area contributed by atoms with E-state index in [0.717, 1.165) is 56.9 Å². The van der Waals surface area contributed by atoms with Crippen molar-refractivity contribution in [2.75, 3.05) is 45.2 Å². The third-order valence-corrected chi connectivity index (χ3v) is 4.64. The third-order valence-electron chi connectivity index (χ3n) is 4.64. The number of amides is 1. The molecule has 6 nitrogen and oxygen atoms in total. The van der Waals surface area contributed by atoms with E-state index in [4.69, 9.17) is 9.57 Å². The molecular weight excluding hydrogens is 306 g/mol. The van der Waals surface area contributed by atoms with Gasteiger partial charge >= 0.3 is 0 Å². The highest BCUT2D eigenvalue weighted by Gasteiger charge is 2.24. The number of hydrogen-bond acceptors (Lipinski definition) is 5. The first-order valence-corrected chi connectivity index (χ1v) is 8.81. The van der Waals surface area contributed by atoms with Crippen molar-refractivity contribution >= 4 is 11.6 Å². The molecule has 1 amide bonds. The number of ether oxygens (including phenoxy) is 1. The van der Waals surface area contributed by atoms with Crippen molar-refractivity contribution in [1.29, 1.82) is 0 Å². The first kappa shape index (κ1) is 17.0. The van der Waals surface area contributed by atoms with Gasteiger partial charge in [0.25, 0.3) is 0 Å². The summed E-state index contributed by atoms with van der Waals surface area (Å²) in [5.41, 5.74) is 1.07. The lowest BCUT2D eigenvalue weighted by molar-refractivity contribution is -0.139. The Bertz CT molecular complexity index is 529. The molecule has 1 atom stereocenters. The fraction of sp³-hybridized carbons (Fsp3) is 0.611. The number of likely N-dealkylation sites (tertiary alicyclic amines) is 1. The zero-order chi connectivity index (χ0) is 16.8. The van der Waals surface area contributed by atoms with Crippen molar-refractivity contribution in [2.24, 2.45) is 0 Å². The van der Waals surface area contributed by atoms with Crippen molar-refractivity contribution in [3.05, 3.63) is 24.3 Å². The highest BCUT2D eigenvalue weighted by atomic mass is 16.7. The standard InChI is InChI=1S/C18H27N3O3/c1-23-17-7-5-15(6-8-17)19-16-4-2-10-20(14-16)18(22)9-12-21-11-3-13-24-21/h5-8,16,19H,2-4,9-14H2,1H3. The minimum atomic E-state index is 0.228. The van der Waals surface area contributed by atoms with Crippen LogP contribution in [0.1, 0.15) is 25.7 Å². The fourth-order valence-electron chi connectivity index (χ4n) is 3.30. The van der Waals surface area contributed by atoms with E-state index >= 15 is 0 Å². The van der Waals surface area contributed by atoms with Gasteiger partial charge in [-0.3, -0.25) is 9.63 Å². The van der Waals surface area contributed by atoms with E-state index in [1.807, 2.05) is 34.2 Å². The second-order valence-electron chi connectivity index (χ2n) is 6.42. The third kappa shape index (κ3) is 4.61. The Morgan fingerprint density at radius 1 is 1.29 bits per heavy atom. The molecule has 0 spiro atoms. The fourth-order valence-corrected chi connectivity index (χ4v) is 3.30. The summed E-state index contributed by atoms with van der Waals surface area (Å²) in [5.74, 6) is 1.08. The van der Waals surface area contributed by atoms with Crippen LogP contribution >= 0.6 is 0 Å². The molecule has 6 heteroatoms. The zero-order valence-corrected chi connectivity index (χ0v) is 14.4. The van der Waals surface area contributed by atoms with Crippen LogP contribution in [0, 0.1) is 0 Å². The molecule has 132 valence electrons. The minimum absolute atomic E-state index is 0.228. The quantitative estimate of drug-likeness (QED) is 0.864. The second-order valence-corrected chi connectivity index (χ2v) is 6.42. The lowest BCUT2D eigenvalue weighted by Crippen LogP contribution is -2.45. The summed E-state index contributed by atoms with van der Waals surface area (Å²) < 4.78 is 5.18. The number of nitrogens with zero attached hydrogens (tertiary/aromatic N) is 2. The summed E-state index contributed by atoms with van der Waals surface area (Å²) >= 11 is 0. The van der Waals surface area contributed by atoms with Crippen molar-refractivity contribution in [3.8, 4) is 5.75 Å². The molecule has 0 aliphatic carbocycles. The van der Waals surface area contributed by atoms with Crippen LogP contribution in [0.3, 0.4) is 0 Å². The van der Waals surface area contributed by atoms with Gasteiger partial charge in [0.1, 0.15) is 5.75 Å². The molecule has 1 aromatic carbocycles. The summed E-state index contributed by atoms with van der Waals surface area (Å²) in [6, 6.07) is 8.24. The molecule has 0 aromatic heterocycles. The Labute approximate surface area is 143 Å². The van der Waals surface area contributed by atoms with Gasteiger partial charge in [0.05, 0.1) is 13.7 Å². The SMILES string of the molecule is COc1ccc(NC2CCCN(C(=O)CCN3CCCO3)C2)cc1. The van der Waals surface area contributed by atoms with Crippen molar-refractivity contribution < 1.29 is 14.4 Å². The van der Waals surface area contributed by atoms with E-state index in [9.17, 15) is 4.79 Å². The zero-order valence-electron chi connectivity index (χ0n) is 14.4. The Balaban J connectivity index is 1.46. The number of carbonyl (C=O) groups is 1. The van der Waals surface area contributed by atoms with E-state index in [-0.39, 0.29) is 5.91 Å². The molecule has 1 N–H and O–H groups in total. The van der Waals surface area contributed by atoms with Gasteiger partial charge in [-0.1, -0.05) is 0 Å². The van der Waals surface area contributed by atoms with Gasteiger partial charge in [-0.15, -0.1) is 0 Å². The number of rotatable bonds is 6. The topological polar surface area (TPSA) is 54.0 Å². The van der Waals surface area contributed by atoms with Crippen LogP contribution in [-0.2, 0) is 9.63 Å². The summed E-state index contributed by atoms with van der Waals surface area (Å²) in [5, 5.41) is 5.44. The summed E-state index contributed by atoms with van der Waals surface area (Å²) in [6.45, 7) is 4.05. The maximum Gasteiger partial charge on any atom is 0.224 e. The Morgan fingerprint density at radius 2 is 2.12 bits per heavy atom. The van der Waals surface area contributed by atoms with Crippen LogP contribution < -0.4 is 10.1 Å². The molecule has 2 aliphatic heterocycles. The summed E-state index contributed by atoms with van der Waals surface area (Å²) in [7, 11) is 1.67. The molecule has 2 saturated heterocycles. The molecule has 2 heterocycles. The molecule has 24 heavy (non-hydrogen) atoms. The molecule has 0 radical (unpaired) electrons. The number of hydroxylamine groups is 2. The van der Waals surface area contributed by atoms with Crippen molar-refractivity contribution in [3.63, 3.8) is 0 Å². The van der Waals surface area contributed by atoms with Crippen LogP contribution in [-0.4, -0.2) is 61.8 Å². The molecule has 1 aromatic rings. The van der Waals surface area contributed by atoms with Gasteiger partial charge in [-0.25, -0.2) is 0 Å². The van der Waals surface area contributed by atoms with Gasteiger partial charge in [-0.2, -0.15) is 5.06 Å². The molecule has 0 saturated carbocycles. The first-order chi connectivity index (χ1) is 11.7. The van der Waals surface area contributed by atoms with E-state index in [1.165, 1.54) is 0 Å². The van der Waals surface area contributed by atoms with Gasteiger partial charge in [0.15, 0.2) is 0 Å². The van der Waals surface area contributed by atoms with Gasteiger partial charge in [0.2, 0.25) is 5.91 Å². The van der Waals surface area contributed by atoms with Crippen LogP contribution in [0.2, 0.25) is 0 Å². The lowest BCUT2D eigenvalue weighted by Gasteiger charge is -2.34. The van der Waals surface area contributed by atoms with Crippen LogP contribution in [0.4, 0.5) is 5.69 Å². The molecule has 1 unspecified atom stereocenters. The van der Waals surface area contributed by atoms with E-state index in [1.54, 1.807) is 7.11 Å². The number of anilines is 1. The average molecular weight is 333 g/mol. The first-order valence-electron chi connectivity index (χ1n) is 8.81. The Morgan fingerprint density at radius 3 is 2.83 bits per heavy atom. The number of piperidine rings is 1. The van der Waals surface area contributed by atoms with Crippen LogP contribution in [0.25, 0.3) is 0 Å². The molecule has 0 bridgehead atoms. The van der Waals surface area contributed by atoms with Gasteiger partial charge in [-0.05, 0) is 43.5 Å². The lowest BCUT2D eigenvalue weighted by atomic mass is 10.0. The van der Waals surface area contributed by atoms with Gasteiger partial charge < -0.3 is 15.0 Å². The van der Waals surface area contributed by atoms with Crippen LogP contribution in [0.5, 0.6) is 5.75 Å². The summed E-state index contributed by atoms with van der Waals surface area (Å²) in [4.78, 5) is 19.9. The monoisotopic (exact) mass is 333 g/mol. The number of hydrogen-bond donors (Lipinski definition) is 1. The molecule has 2 aliphatic rings. The second kappa shape index (κ2) is 8.35. The van der Waals surface area contributed by atoms with E-state index in [2.05, 4.69) is 5.32 Å². The maximum absolute atomic E-state index is 12.4. The van der Waals surface area contributed by atoms with E-state index < -0.39 is 0 Å². The smallest absolute Gasteiger partial charge is 0.224 e. The largest absolute Gasteiger partial charge is 0.497 e. The average Bonchev–Trinajstić information content (AvgIpc) is 3.14. The molecular formula is C18H27N3O3. The maximum atomic E-state index is 12.4. The van der Waals surface area contributed by atoms with Crippen LogP contribution in [0.15, 0.2) is 24.3 Å². The normalized spacial score (nSPS) is 21.7. The summed E-state index contributed by atoms with van der Waals surface area (Å²) in [6.07, 6.45) is 3.73. The Hall–Kier alpha value is -1.79. The minimum Gasteiger partial charge on any atom is -0.497 e. The van der Waals surface area contributed by atoms with Crippen molar-refractivity contribution in [1.82, 2.24) is 9.96 Å². The molecule has 3 rings (SSSR count). The Kier molecular flexibility index (Phi) is 5.93. The number of nitrogens with one attached hydrogen (secondary N) is 1. The van der Waals surface area contributed by atoms with Gasteiger partial charge in [0, 0.05) is 44.3 Å². The number of carbonyl (C=O) groups excluding carboxylic acids is 1. The number of methoxy groups -OCH3 is 1. The predicted octanol–water partition coefficient (Wildman–Crippen LogP) is 2.13. The van der Waals surface area contributed by atoms with E-state index in [0.29, 0.717) is 19.0 Å². The predicted molar refractivity (Wildman–Crippen MR) is 93.0 cm³/mol. The highest BCUT2D eigenvalue weighted by Crippen LogP contribution is 2.19. The number of benzene rings is 1. The van der Waals surface area contributed by atoms with Crippen molar-refractivity contribution in [2.45, 2.75) is 31.7 Å².